The highest BCUT2D eigenvalue weighted by atomic mass is 15.3. The Morgan fingerprint density at radius 2 is 2.07 bits per heavy atom. The highest BCUT2D eigenvalue weighted by Gasteiger charge is 2.22. The maximum atomic E-state index is 4.92. The molecule has 0 bridgehead atoms. The number of nitrogens with zero attached hydrogens (tertiary/aromatic N) is 6. The Labute approximate surface area is 174 Å². The molecule has 2 N–H and O–H groups in total. The highest BCUT2D eigenvalue weighted by Crippen LogP contribution is 2.19. The second-order valence-corrected chi connectivity index (χ2v) is 7.70. The van der Waals surface area contributed by atoms with Crippen molar-refractivity contribution >= 4 is 11.6 Å². The van der Waals surface area contributed by atoms with E-state index >= 15 is 0 Å². The molecule has 0 aromatic carbocycles. The van der Waals surface area contributed by atoms with Crippen LogP contribution in [0.15, 0.2) is 17.4 Å². The van der Waals surface area contributed by atoms with Crippen molar-refractivity contribution in [2.45, 2.75) is 59.0 Å². The van der Waals surface area contributed by atoms with Crippen molar-refractivity contribution < 1.29 is 0 Å². The summed E-state index contributed by atoms with van der Waals surface area (Å²) in [7, 11) is 4.00. The van der Waals surface area contributed by atoms with Gasteiger partial charge in [-0.25, -0.2) is 4.99 Å². The largest absolute Gasteiger partial charge is 0.367 e. The van der Waals surface area contributed by atoms with Gasteiger partial charge in [-0.15, -0.1) is 0 Å². The second kappa shape index (κ2) is 9.80. The standard InChI is InChI=1S/C21H36N8/c1-6-19-18(20(7-2)28(5)26-19)13-23-21(22-8-3)25-16-10-9-11-29(14-16)17-12-24-27(4)15-17/h12,15-16H,6-11,13-14H2,1-5H3,(H2,22,23,25). The maximum absolute atomic E-state index is 4.92. The molecule has 0 aliphatic carbocycles. The quantitative estimate of drug-likeness (QED) is 0.549. The summed E-state index contributed by atoms with van der Waals surface area (Å²) >= 11 is 0. The fourth-order valence-electron chi connectivity index (χ4n) is 4.15. The molecular formula is C21H36N8. The van der Waals surface area contributed by atoms with Crippen LogP contribution in [0.2, 0.25) is 0 Å². The summed E-state index contributed by atoms with van der Waals surface area (Å²) in [6.45, 7) is 10.00. The number of aromatic nitrogens is 4. The predicted octanol–water partition coefficient (Wildman–Crippen LogP) is 2.00. The lowest BCUT2D eigenvalue weighted by molar-refractivity contribution is 0.468. The van der Waals surface area contributed by atoms with Gasteiger partial charge in [-0.05, 0) is 32.6 Å². The first-order chi connectivity index (χ1) is 14.0. The Balaban J connectivity index is 1.70. The third kappa shape index (κ3) is 5.10. The summed E-state index contributed by atoms with van der Waals surface area (Å²) in [5, 5.41) is 16.1. The molecular weight excluding hydrogens is 364 g/mol. The lowest BCUT2D eigenvalue weighted by Gasteiger charge is -2.34. The number of rotatable bonds is 7. The van der Waals surface area contributed by atoms with E-state index in [0.29, 0.717) is 12.6 Å². The van der Waals surface area contributed by atoms with Gasteiger partial charge < -0.3 is 15.5 Å². The molecule has 160 valence electrons. The number of aryl methyl sites for hydroxylation is 3. The van der Waals surface area contributed by atoms with E-state index in [1.807, 2.05) is 29.7 Å². The van der Waals surface area contributed by atoms with Gasteiger partial charge in [0.2, 0.25) is 0 Å². The van der Waals surface area contributed by atoms with Crippen molar-refractivity contribution in [3.05, 3.63) is 29.3 Å². The van der Waals surface area contributed by atoms with E-state index < -0.39 is 0 Å². The van der Waals surface area contributed by atoms with Crippen LogP contribution >= 0.6 is 0 Å². The van der Waals surface area contributed by atoms with E-state index in [0.717, 1.165) is 57.0 Å². The number of aliphatic imine (C=N–C) groups is 1. The molecule has 29 heavy (non-hydrogen) atoms. The van der Waals surface area contributed by atoms with Crippen LogP contribution in [0.5, 0.6) is 0 Å². The fourth-order valence-corrected chi connectivity index (χ4v) is 4.15. The molecule has 1 unspecified atom stereocenters. The molecule has 3 heterocycles. The molecule has 8 nitrogen and oxygen atoms in total. The predicted molar refractivity (Wildman–Crippen MR) is 118 cm³/mol. The molecule has 1 aliphatic rings. The summed E-state index contributed by atoms with van der Waals surface area (Å²) in [4.78, 5) is 7.32. The summed E-state index contributed by atoms with van der Waals surface area (Å²) in [6.07, 6.45) is 8.25. The van der Waals surface area contributed by atoms with Crippen LogP contribution in [0.4, 0.5) is 5.69 Å². The first kappa shape index (κ1) is 21.2. The molecule has 0 saturated carbocycles. The van der Waals surface area contributed by atoms with Crippen LogP contribution in [0.25, 0.3) is 0 Å². The average molecular weight is 401 g/mol. The van der Waals surface area contributed by atoms with Gasteiger partial charge in [0.15, 0.2) is 5.96 Å². The highest BCUT2D eigenvalue weighted by molar-refractivity contribution is 5.80. The SMILES string of the molecule is CCNC(=NCc1c(CC)nn(C)c1CC)NC1CCCN(c2cnn(C)c2)C1. The summed E-state index contributed by atoms with van der Waals surface area (Å²) < 4.78 is 3.87. The lowest BCUT2D eigenvalue weighted by atomic mass is 10.1. The molecule has 2 aromatic rings. The number of hydrogen-bond acceptors (Lipinski definition) is 4. The van der Waals surface area contributed by atoms with Gasteiger partial charge in [0.05, 0.1) is 24.1 Å². The Bertz CT molecular complexity index is 819. The summed E-state index contributed by atoms with van der Waals surface area (Å²) in [6, 6.07) is 0.368. The minimum atomic E-state index is 0.368. The van der Waals surface area contributed by atoms with E-state index in [2.05, 4.69) is 52.7 Å². The van der Waals surface area contributed by atoms with Crippen molar-refractivity contribution in [3.63, 3.8) is 0 Å². The number of nitrogens with one attached hydrogen (secondary N) is 2. The number of anilines is 1. The second-order valence-electron chi connectivity index (χ2n) is 7.70. The molecule has 1 aliphatic heterocycles. The maximum Gasteiger partial charge on any atom is 0.191 e. The van der Waals surface area contributed by atoms with Crippen molar-refractivity contribution in [2.75, 3.05) is 24.5 Å². The molecule has 1 saturated heterocycles. The Morgan fingerprint density at radius 1 is 1.24 bits per heavy atom. The third-order valence-electron chi connectivity index (χ3n) is 5.59. The minimum Gasteiger partial charge on any atom is -0.367 e. The first-order valence-electron chi connectivity index (χ1n) is 10.9. The van der Waals surface area contributed by atoms with Crippen molar-refractivity contribution in [1.82, 2.24) is 30.2 Å². The minimum absolute atomic E-state index is 0.368. The molecule has 1 atom stereocenters. The van der Waals surface area contributed by atoms with E-state index in [-0.39, 0.29) is 0 Å². The molecule has 3 rings (SSSR count). The number of piperidine rings is 1. The Kier molecular flexibility index (Phi) is 7.17. The zero-order valence-electron chi connectivity index (χ0n) is 18.6. The van der Waals surface area contributed by atoms with Crippen LogP contribution in [0.1, 0.15) is 50.6 Å². The van der Waals surface area contributed by atoms with Crippen LogP contribution in [0, 0.1) is 0 Å². The van der Waals surface area contributed by atoms with Gasteiger partial charge in [-0.1, -0.05) is 13.8 Å². The van der Waals surface area contributed by atoms with Gasteiger partial charge >= 0.3 is 0 Å². The molecule has 0 spiro atoms. The topological polar surface area (TPSA) is 75.3 Å². The summed E-state index contributed by atoms with van der Waals surface area (Å²) in [5.74, 6) is 0.887. The van der Waals surface area contributed by atoms with Gasteiger partial charge in [-0.2, -0.15) is 10.2 Å². The van der Waals surface area contributed by atoms with Crippen LogP contribution < -0.4 is 15.5 Å². The van der Waals surface area contributed by atoms with E-state index in [1.165, 1.54) is 16.9 Å². The van der Waals surface area contributed by atoms with Crippen molar-refractivity contribution in [2.24, 2.45) is 19.1 Å². The molecule has 0 radical (unpaired) electrons. The van der Waals surface area contributed by atoms with Crippen molar-refractivity contribution in [1.29, 1.82) is 0 Å². The van der Waals surface area contributed by atoms with Gasteiger partial charge in [0, 0.05) is 57.2 Å². The fraction of sp³-hybridized carbons (Fsp3) is 0.667. The average Bonchev–Trinajstić information content (AvgIpc) is 3.29. The van der Waals surface area contributed by atoms with Gasteiger partial charge in [0.25, 0.3) is 0 Å². The van der Waals surface area contributed by atoms with Gasteiger partial charge in [0.1, 0.15) is 0 Å². The van der Waals surface area contributed by atoms with Crippen LogP contribution in [0.3, 0.4) is 0 Å². The van der Waals surface area contributed by atoms with Crippen LogP contribution in [-0.4, -0.2) is 51.2 Å². The smallest absolute Gasteiger partial charge is 0.191 e. The van der Waals surface area contributed by atoms with E-state index in [4.69, 9.17) is 4.99 Å². The monoisotopic (exact) mass is 400 g/mol. The molecule has 8 heteroatoms. The molecule has 0 amide bonds. The van der Waals surface area contributed by atoms with E-state index in [1.54, 1.807) is 0 Å². The zero-order valence-corrected chi connectivity index (χ0v) is 18.6. The third-order valence-corrected chi connectivity index (χ3v) is 5.59. The lowest BCUT2D eigenvalue weighted by Crippen LogP contribution is -2.51. The van der Waals surface area contributed by atoms with Crippen molar-refractivity contribution in [3.8, 4) is 0 Å². The van der Waals surface area contributed by atoms with Crippen LogP contribution in [-0.2, 0) is 33.5 Å². The molecule has 2 aromatic heterocycles. The Hall–Kier alpha value is -2.51. The first-order valence-corrected chi connectivity index (χ1v) is 10.9. The Morgan fingerprint density at radius 3 is 2.72 bits per heavy atom. The normalized spacial score (nSPS) is 17.6. The number of hydrogen-bond donors (Lipinski definition) is 2. The zero-order chi connectivity index (χ0) is 20.8. The number of guanidine groups is 1. The molecule has 1 fully saturated rings. The van der Waals surface area contributed by atoms with Gasteiger partial charge in [-0.3, -0.25) is 9.36 Å². The van der Waals surface area contributed by atoms with E-state index in [9.17, 15) is 0 Å². The summed E-state index contributed by atoms with van der Waals surface area (Å²) in [5.41, 5.74) is 4.90.